The van der Waals surface area contributed by atoms with E-state index in [-0.39, 0.29) is 0 Å². The fourth-order valence-electron chi connectivity index (χ4n) is 3.70. The molecule has 0 saturated carbocycles. The number of terminal acetylenes is 1. The van der Waals surface area contributed by atoms with Crippen LogP contribution in [0, 0.1) is 12.3 Å². The van der Waals surface area contributed by atoms with Crippen LogP contribution in [-0.4, -0.2) is 30.2 Å². The Morgan fingerprint density at radius 3 is 2.54 bits per heavy atom. The van der Waals surface area contributed by atoms with Crippen molar-refractivity contribution >= 4 is 5.57 Å². The lowest BCUT2D eigenvalue weighted by Crippen LogP contribution is -2.53. The van der Waals surface area contributed by atoms with Crippen LogP contribution < -0.4 is 0 Å². The predicted molar refractivity (Wildman–Crippen MR) is 97.4 cm³/mol. The van der Waals surface area contributed by atoms with Crippen LogP contribution in [0.4, 0.5) is 0 Å². The van der Waals surface area contributed by atoms with Crippen LogP contribution in [0.5, 0.6) is 0 Å². The van der Waals surface area contributed by atoms with E-state index in [0.29, 0.717) is 12.1 Å². The highest BCUT2D eigenvalue weighted by Crippen LogP contribution is 2.33. The third kappa shape index (κ3) is 3.01. The molecule has 0 radical (unpaired) electrons. The zero-order valence-corrected chi connectivity index (χ0v) is 13.7. The van der Waals surface area contributed by atoms with Crippen LogP contribution in [0.3, 0.4) is 0 Å². The molecular formula is C22H21NO. The number of ether oxygens (including phenoxy) is 1. The lowest BCUT2D eigenvalue weighted by molar-refractivity contribution is -0.0402. The maximum atomic E-state index is 5.81. The van der Waals surface area contributed by atoms with Crippen LogP contribution in [0.1, 0.15) is 23.1 Å². The number of hydrogen-bond donors (Lipinski definition) is 0. The Bertz CT molecular complexity index is 770. The van der Waals surface area contributed by atoms with Gasteiger partial charge >= 0.3 is 0 Å². The summed E-state index contributed by atoms with van der Waals surface area (Å²) in [5.41, 5.74) is 5.00. The first kappa shape index (κ1) is 15.2. The molecule has 0 amide bonds. The Morgan fingerprint density at radius 1 is 1.04 bits per heavy atom. The van der Waals surface area contributed by atoms with Gasteiger partial charge in [0.25, 0.3) is 0 Å². The minimum atomic E-state index is 0.347. The molecule has 4 rings (SSSR count). The third-order valence-corrected chi connectivity index (χ3v) is 4.97. The van der Waals surface area contributed by atoms with Crippen LogP contribution in [-0.2, 0) is 11.3 Å². The number of morpholine rings is 1. The number of fused-ring (bicyclic) bond motifs is 2. The first-order chi connectivity index (χ1) is 11.8. The molecule has 120 valence electrons. The maximum absolute atomic E-state index is 5.81. The minimum absolute atomic E-state index is 0.347. The van der Waals surface area contributed by atoms with Gasteiger partial charge in [0.1, 0.15) is 0 Å². The summed E-state index contributed by atoms with van der Waals surface area (Å²) in [7, 11) is 0. The summed E-state index contributed by atoms with van der Waals surface area (Å²) in [5.74, 6) is 2.68. The van der Waals surface area contributed by atoms with Gasteiger partial charge in [0.05, 0.1) is 19.3 Å². The Hall–Kier alpha value is -2.34. The molecular weight excluding hydrogens is 294 g/mol. The molecule has 0 N–H and O–H groups in total. The van der Waals surface area contributed by atoms with Crippen LogP contribution in [0.2, 0.25) is 0 Å². The molecule has 0 aliphatic carbocycles. The predicted octanol–water partition coefficient (Wildman–Crippen LogP) is 3.72. The van der Waals surface area contributed by atoms with Gasteiger partial charge in [-0.3, -0.25) is 4.90 Å². The van der Waals surface area contributed by atoms with Crippen molar-refractivity contribution in [1.82, 2.24) is 4.90 Å². The molecule has 2 aromatic rings. The van der Waals surface area contributed by atoms with Gasteiger partial charge in [-0.05, 0) is 35.3 Å². The molecule has 2 atom stereocenters. The second-order valence-corrected chi connectivity index (χ2v) is 6.53. The number of benzene rings is 2. The Kier molecular flexibility index (Phi) is 4.21. The third-order valence-electron chi connectivity index (χ3n) is 4.97. The van der Waals surface area contributed by atoms with Crippen LogP contribution in [0.15, 0.2) is 60.7 Å². The summed E-state index contributed by atoms with van der Waals surface area (Å²) in [4.78, 5) is 2.58. The van der Waals surface area contributed by atoms with E-state index >= 15 is 0 Å². The summed E-state index contributed by atoms with van der Waals surface area (Å²) in [6.45, 7) is 2.57. The largest absolute Gasteiger partial charge is 0.378 e. The quantitative estimate of drug-likeness (QED) is 0.800. The van der Waals surface area contributed by atoms with Crippen molar-refractivity contribution in [1.29, 1.82) is 0 Å². The van der Waals surface area contributed by atoms with Gasteiger partial charge < -0.3 is 4.74 Å². The lowest BCUT2D eigenvalue weighted by Gasteiger charge is -2.44. The Labute approximate surface area is 143 Å². The monoisotopic (exact) mass is 315 g/mol. The summed E-state index contributed by atoms with van der Waals surface area (Å²) >= 11 is 0. The van der Waals surface area contributed by atoms with E-state index in [4.69, 9.17) is 11.2 Å². The van der Waals surface area contributed by atoms with E-state index in [1.165, 1.54) is 16.7 Å². The highest BCUT2D eigenvalue weighted by Gasteiger charge is 2.34. The van der Waals surface area contributed by atoms with Gasteiger partial charge in [-0.15, -0.1) is 6.42 Å². The normalized spacial score (nSPS) is 23.4. The van der Waals surface area contributed by atoms with Crippen molar-refractivity contribution in [2.75, 3.05) is 13.2 Å². The fourth-order valence-corrected chi connectivity index (χ4v) is 3.70. The molecule has 0 spiro atoms. The van der Waals surface area contributed by atoms with E-state index in [1.807, 2.05) is 12.1 Å². The van der Waals surface area contributed by atoms with Gasteiger partial charge in [0, 0.05) is 18.2 Å². The van der Waals surface area contributed by atoms with Gasteiger partial charge in [-0.2, -0.15) is 0 Å². The highest BCUT2D eigenvalue weighted by molar-refractivity contribution is 5.68. The van der Waals surface area contributed by atoms with Crippen molar-refractivity contribution in [3.63, 3.8) is 0 Å². The highest BCUT2D eigenvalue weighted by atomic mass is 16.5. The van der Waals surface area contributed by atoms with Crippen molar-refractivity contribution in [3.05, 3.63) is 77.4 Å². The first-order valence-corrected chi connectivity index (χ1v) is 8.48. The first-order valence-electron chi connectivity index (χ1n) is 8.48. The van der Waals surface area contributed by atoms with Gasteiger partial charge in [-0.1, -0.05) is 54.5 Å². The summed E-state index contributed by atoms with van der Waals surface area (Å²) in [6.07, 6.45) is 8.86. The van der Waals surface area contributed by atoms with Crippen molar-refractivity contribution in [2.45, 2.75) is 25.0 Å². The molecule has 2 aliphatic rings. The molecule has 2 aromatic carbocycles. The summed E-state index contributed by atoms with van der Waals surface area (Å²) in [5, 5.41) is 0. The van der Waals surface area contributed by atoms with E-state index in [1.54, 1.807) is 0 Å². The molecule has 2 aliphatic heterocycles. The van der Waals surface area contributed by atoms with E-state index in [0.717, 1.165) is 31.7 Å². The van der Waals surface area contributed by atoms with Gasteiger partial charge in [-0.25, -0.2) is 0 Å². The topological polar surface area (TPSA) is 12.5 Å². The van der Waals surface area contributed by atoms with Crippen LogP contribution in [0.25, 0.3) is 5.57 Å². The molecule has 1 saturated heterocycles. The Balaban J connectivity index is 1.58. The second kappa shape index (κ2) is 6.65. The zero-order valence-electron chi connectivity index (χ0n) is 13.7. The van der Waals surface area contributed by atoms with Gasteiger partial charge in [0.2, 0.25) is 0 Å². The number of hydrogen-bond acceptors (Lipinski definition) is 2. The standard InChI is InChI=1S/C22H21NO/c1-2-17-8-10-19(11-9-17)20-12-21-15-24-16-22(13-20)23(21)14-18-6-4-3-5-7-18/h1,3-12,21-22H,13-16H2. The average Bonchev–Trinajstić information content (AvgIpc) is 2.62. The SMILES string of the molecule is C#Cc1ccc(C2=CC3COCC(C2)N3Cc2ccccc2)cc1. The molecule has 1 fully saturated rings. The number of rotatable bonds is 3. The maximum Gasteiger partial charge on any atom is 0.0658 e. The molecule has 2 heteroatoms. The number of nitrogens with zero attached hydrogens (tertiary/aromatic N) is 1. The van der Waals surface area contributed by atoms with Crippen molar-refractivity contribution in [2.24, 2.45) is 0 Å². The molecule has 2 heterocycles. The van der Waals surface area contributed by atoms with Crippen molar-refractivity contribution < 1.29 is 4.74 Å². The van der Waals surface area contributed by atoms with Gasteiger partial charge in [0.15, 0.2) is 0 Å². The van der Waals surface area contributed by atoms with Crippen LogP contribution >= 0.6 is 0 Å². The second-order valence-electron chi connectivity index (χ2n) is 6.53. The minimum Gasteiger partial charge on any atom is -0.378 e. The zero-order chi connectivity index (χ0) is 16.4. The smallest absolute Gasteiger partial charge is 0.0658 e. The average molecular weight is 315 g/mol. The molecule has 24 heavy (non-hydrogen) atoms. The summed E-state index contributed by atoms with van der Waals surface area (Å²) < 4.78 is 5.81. The molecule has 2 unspecified atom stereocenters. The lowest BCUT2D eigenvalue weighted by atomic mass is 9.89. The molecule has 2 bridgehead atoms. The fraction of sp³-hybridized carbons (Fsp3) is 0.273. The Morgan fingerprint density at radius 2 is 1.83 bits per heavy atom. The van der Waals surface area contributed by atoms with E-state index in [2.05, 4.69) is 59.4 Å². The van der Waals surface area contributed by atoms with E-state index < -0.39 is 0 Å². The summed E-state index contributed by atoms with van der Waals surface area (Å²) in [6, 6.07) is 19.8. The molecule has 0 aromatic heterocycles. The molecule has 2 nitrogen and oxygen atoms in total. The van der Waals surface area contributed by atoms with Crippen molar-refractivity contribution in [3.8, 4) is 12.3 Å². The van der Waals surface area contributed by atoms with E-state index in [9.17, 15) is 0 Å².